The van der Waals surface area contributed by atoms with E-state index in [-0.39, 0.29) is 22.6 Å². The molecule has 92 valence electrons. The van der Waals surface area contributed by atoms with Crippen molar-refractivity contribution in [1.82, 2.24) is 0 Å². The molecular weight excluding hydrogens is 226 g/mol. The Labute approximate surface area is 97.2 Å². The van der Waals surface area contributed by atoms with Crippen LogP contribution in [0.15, 0.2) is 18.2 Å². The maximum Gasteiger partial charge on any atom is 0.335 e. The summed E-state index contributed by atoms with van der Waals surface area (Å²) in [6, 6.07) is 4.17. The first-order chi connectivity index (χ1) is 7.77. The number of nitrogens with one attached hydrogen (secondary N) is 1. The molecule has 1 aromatic carbocycles. The summed E-state index contributed by atoms with van der Waals surface area (Å²) < 4.78 is 0. The average molecular weight is 239 g/mol. The second kappa shape index (κ2) is 6.11. The lowest BCUT2D eigenvalue weighted by Gasteiger charge is -2.03. The molecule has 7 N–H and O–H groups in total. The van der Waals surface area contributed by atoms with Crippen molar-refractivity contribution in [3.63, 3.8) is 0 Å². The molecule has 0 aliphatic heterocycles. The third-order valence-electron chi connectivity index (χ3n) is 1.79. The van der Waals surface area contributed by atoms with Crippen LogP contribution in [0, 0.1) is 12.3 Å². The zero-order valence-corrected chi connectivity index (χ0v) is 9.10. The first-order valence-electron chi connectivity index (χ1n) is 4.43. The number of aromatic carboxylic acids is 2. The van der Waals surface area contributed by atoms with Gasteiger partial charge in [-0.25, -0.2) is 9.59 Å². The van der Waals surface area contributed by atoms with Crippen LogP contribution in [-0.2, 0) is 0 Å². The number of nitrogens with two attached hydrogens (primary N) is 2. The predicted molar refractivity (Wildman–Crippen MR) is 61.2 cm³/mol. The van der Waals surface area contributed by atoms with Gasteiger partial charge in [-0.2, -0.15) is 0 Å². The van der Waals surface area contributed by atoms with E-state index in [1.165, 1.54) is 25.1 Å². The Hall–Kier alpha value is -2.57. The van der Waals surface area contributed by atoms with Crippen LogP contribution in [0.2, 0.25) is 0 Å². The molecule has 0 bridgehead atoms. The van der Waals surface area contributed by atoms with E-state index in [0.717, 1.165) is 0 Å². The molecule has 0 atom stereocenters. The maximum absolute atomic E-state index is 10.6. The van der Waals surface area contributed by atoms with Crippen LogP contribution in [-0.4, -0.2) is 28.1 Å². The van der Waals surface area contributed by atoms with E-state index in [1.54, 1.807) is 0 Å². The van der Waals surface area contributed by atoms with Gasteiger partial charge in [-0.05, 0) is 24.6 Å². The number of benzene rings is 1. The van der Waals surface area contributed by atoms with Crippen LogP contribution in [0.1, 0.15) is 26.3 Å². The summed E-state index contributed by atoms with van der Waals surface area (Å²) >= 11 is 0. The zero-order valence-electron chi connectivity index (χ0n) is 9.10. The third-order valence-corrected chi connectivity index (χ3v) is 1.79. The van der Waals surface area contributed by atoms with Crippen molar-refractivity contribution >= 4 is 17.9 Å². The van der Waals surface area contributed by atoms with Crippen molar-refractivity contribution in [3.05, 3.63) is 34.9 Å². The quantitative estimate of drug-likeness (QED) is 0.368. The highest BCUT2D eigenvalue weighted by molar-refractivity contribution is 5.96. The molecule has 17 heavy (non-hydrogen) atoms. The van der Waals surface area contributed by atoms with Crippen LogP contribution in [0.5, 0.6) is 0 Å². The Kier molecular flexibility index (Phi) is 5.19. The highest BCUT2D eigenvalue weighted by atomic mass is 16.4. The summed E-state index contributed by atoms with van der Waals surface area (Å²) in [4.78, 5) is 21.2. The van der Waals surface area contributed by atoms with Crippen molar-refractivity contribution in [3.8, 4) is 0 Å². The van der Waals surface area contributed by atoms with Gasteiger partial charge in [0.15, 0.2) is 5.96 Å². The van der Waals surface area contributed by atoms with Gasteiger partial charge in [0.25, 0.3) is 0 Å². The molecule has 0 aromatic heterocycles. The summed E-state index contributed by atoms with van der Waals surface area (Å²) in [6.07, 6.45) is 0. The van der Waals surface area contributed by atoms with Crippen LogP contribution in [0.25, 0.3) is 0 Å². The molecule has 0 fully saturated rings. The molecular formula is C10H13N3O4. The van der Waals surface area contributed by atoms with E-state index in [9.17, 15) is 9.59 Å². The minimum absolute atomic E-state index is 0.0277. The van der Waals surface area contributed by atoms with Gasteiger partial charge in [0.2, 0.25) is 0 Å². The molecule has 1 aromatic rings. The lowest BCUT2D eigenvalue weighted by molar-refractivity contribution is 0.0696. The van der Waals surface area contributed by atoms with Gasteiger partial charge in [-0.15, -0.1) is 0 Å². The minimum atomic E-state index is -1.11. The van der Waals surface area contributed by atoms with Gasteiger partial charge < -0.3 is 21.7 Å². The highest BCUT2D eigenvalue weighted by Gasteiger charge is 2.13. The molecule has 7 heteroatoms. The van der Waals surface area contributed by atoms with Gasteiger partial charge in [0, 0.05) is 0 Å². The SMILES string of the molecule is Cc1c(C(=O)O)cccc1C(=O)O.N=C(N)N. The van der Waals surface area contributed by atoms with Crippen molar-refractivity contribution in [2.75, 3.05) is 0 Å². The fourth-order valence-electron chi connectivity index (χ4n) is 1.10. The molecule has 0 amide bonds. The van der Waals surface area contributed by atoms with E-state index in [0.29, 0.717) is 0 Å². The van der Waals surface area contributed by atoms with Crippen molar-refractivity contribution in [2.45, 2.75) is 6.92 Å². The van der Waals surface area contributed by atoms with E-state index in [1.807, 2.05) is 0 Å². The van der Waals surface area contributed by atoms with E-state index in [4.69, 9.17) is 15.6 Å². The molecule has 0 aliphatic rings. The number of carboxylic acids is 2. The number of carbonyl (C=O) groups is 2. The summed E-state index contributed by atoms with van der Waals surface area (Å²) in [5.74, 6) is -2.55. The summed E-state index contributed by atoms with van der Waals surface area (Å²) in [6.45, 7) is 1.48. The largest absolute Gasteiger partial charge is 0.478 e. The van der Waals surface area contributed by atoms with Gasteiger partial charge in [0.1, 0.15) is 0 Å². The second-order valence-electron chi connectivity index (χ2n) is 3.04. The zero-order chi connectivity index (χ0) is 13.6. The first kappa shape index (κ1) is 14.4. The summed E-state index contributed by atoms with van der Waals surface area (Å²) in [7, 11) is 0. The monoisotopic (exact) mass is 239 g/mol. The average Bonchev–Trinajstić information content (AvgIpc) is 2.15. The topological polar surface area (TPSA) is 150 Å². The molecule has 7 nitrogen and oxygen atoms in total. The standard InChI is InChI=1S/C9H8O4.CH5N3/c1-5-6(8(10)11)3-2-4-7(5)9(12)13;2-1(3)4/h2-4H,1H3,(H,10,11)(H,12,13);(H5,2,3,4). The van der Waals surface area contributed by atoms with Crippen LogP contribution in [0.3, 0.4) is 0 Å². The van der Waals surface area contributed by atoms with Gasteiger partial charge >= 0.3 is 11.9 Å². The van der Waals surface area contributed by atoms with E-state index < -0.39 is 11.9 Å². The molecule has 1 rings (SSSR count). The summed E-state index contributed by atoms with van der Waals surface area (Å²) in [5, 5.41) is 23.4. The Morgan fingerprint density at radius 3 is 1.65 bits per heavy atom. The normalized spacial score (nSPS) is 8.76. The molecule has 0 radical (unpaired) electrons. The Morgan fingerprint density at radius 1 is 1.12 bits per heavy atom. The molecule has 0 spiro atoms. The highest BCUT2D eigenvalue weighted by Crippen LogP contribution is 2.13. The fraction of sp³-hybridized carbons (Fsp3) is 0.100. The van der Waals surface area contributed by atoms with Gasteiger partial charge in [-0.3, -0.25) is 5.41 Å². The van der Waals surface area contributed by atoms with E-state index in [2.05, 4.69) is 11.5 Å². The van der Waals surface area contributed by atoms with Gasteiger partial charge in [0.05, 0.1) is 11.1 Å². The minimum Gasteiger partial charge on any atom is -0.478 e. The van der Waals surface area contributed by atoms with Crippen LogP contribution >= 0.6 is 0 Å². The number of guanidine groups is 1. The van der Waals surface area contributed by atoms with Crippen molar-refractivity contribution in [2.24, 2.45) is 11.5 Å². The Bertz CT molecular complexity index is 421. The number of rotatable bonds is 2. The molecule has 0 unspecified atom stereocenters. The van der Waals surface area contributed by atoms with E-state index >= 15 is 0 Å². The first-order valence-corrected chi connectivity index (χ1v) is 4.43. The Balaban J connectivity index is 0.000000557. The molecule has 0 heterocycles. The van der Waals surface area contributed by atoms with Crippen LogP contribution < -0.4 is 11.5 Å². The molecule has 0 saturated heterocycles. The lowest BCUT2D eigenvalue weighted by Crippen LogP contribution is -2.20. The third kappa shape index (κ3) is 4.65. The number of hydrogen-bond donors (Lipinski definition) is 5. The van der Waals surface area contributed by atoms with Crippen LogP contribution in [0.4, 0.5) is 0 Å². The Morgan fingerprint density at radius 2 is 1.41 bits per heavy atom. The van der Waals surface area contributed by atoms with Crippen molar-refractivity contribution < 1.29 is 19.8 Å². The second-order valence-corrected chi connectivity index (χ2v) is 3.04. The smallest absolute Gasteiger partial charge is 0.335 e. The number of hydrogen-bond acceptors (Lipinski definition) is 3. The van der Waals surface area contributed by atoms with Crippen molar-refractivity contribution in [1.29, 1.82) is 5.41 Å². The number of carboxylic acid groups (broad SMARTS) is 2. The molecule has 0 aliphatic carbocycles. The fourth-order valence-corrected chi connectivity index (χ4v) is 1.10. The van der Waals surface area contributed by atoms with Gasteiger partial charge in [-0.1, -0.05) is 6.07 Å². The summed E-state index contributed by atoms with van der Waals surface area (Å²) in [5.41, 5.74) is 9.28. The predicted octanol–water partition coefficient (Wildman–Crippen LogP) is 0.230. The molecule has 0 saturated carbocycles. The maximum atomic E-state index is 10.6. The lowest BCUT2D eigenvalue weighted by atomic mass is 10.0.